The Morgan fingerprint density at radius 1 is 1.31 bits per heavy atom. The SMILES string of the molecule is [2H]c1c([2H])c([2H])c(OC2CC3C(=O)C(NC=O)=COC3CC2NS(C)(=O)=O)c([2H])c1[2H]. The average Bonchev–Trinajstić information content (AvgIpc) is 2.70. The highest BCUT2D eigenvalue weighted by atomic mass is 32.2. The number of allylic oxidation sites excluding steroid dienone is 1. The van der Waals surface area contributed by atoms with E-state index in [9.17, 15) is 18.0 Å². The maximum absolute atomic E-state index is 12.7. The predicted molar refractivity (Wildman–Crippen MR) is 92.5 cm³/mol. The Morgan fingerprint density at radius 3 is 2.69 bits per heavy atom. The maximum atomic E-state index is 12.7. The molecule has 0 radical (unpaired) electrons. The van der Waals surface area contributed by atoms with Gasteiger partial charge in [-0.2, -0.15) is 0 Å². The minimum absolute atomic E-state index is 0.0255. The Balaban J connectivity index is 1.98. The van der Waals surface area contributed by atoms with Gasteiger partial charge in [-0.1, -0.05) is 18.1 Å². The number of fused-ring (bicyclic) bond motifs is 1. The summed E-state index contributed by atoms with van der Waals surface area (Å²) in [4.78, 5) is 23.4. The number of benzene rings is 1. The van der Waals surface area contributed by atoms with Gasteiger partial charge in [-0.15, -0.1) is 0 Å². The van der Waals surface area contributed by atoms with E-state index in [1.807, 2.05) is 0 Å². The summed E-state index contributed by atoms with van der Waals surface area (Å²) >= 11 is 0. The largest absolute Gasteiger partial charge is 0.495 e. The molecule has 4 unspecified atom stereocenters. The quantitative estimate of drug-likeness (QED) is 0.682. The van der Waals surface area contributed by atoms with Crippen molar-refractivity contribution in [3.8, 4) is 5.75 Å². The number of para-hydroxylation sites is 1. The van der Waals surface area contributed by atoms with Gasteiger partial charge < -0.3 is 14.8 Å². The Bertz CT molecular complexity index is 1030. The second-order valence-corrected chi connectivity index (χ2v) is 7.80. The number of carbonyl (C=O) groups is 2. The number of ketones is 1. The lowest BCUT2D eigenvalue weighted by Gasteiger charge is -2.41. The molecule has 140 valence electrons. The zero-order valence-electron chi connectivity index (χ0n) is 18.7. The van der Waals surface area contributed by atoms with Crippen molar-refractivity contribution < 1.29 is 34.3 Å². The van der Waals surface area contributed by atoms with Gasteiger partial charge in [0.05, 0.1) is 25.1 Å². The average molecular weight is 385 g/mol. The summed E-state index contributed by atoms with van der Waals surface area (Å²) in [7, 11) is -3.71. The lowest BCUT2D eigenvalue weighted by molar-refractivity contribution is -0.131. The van der Waals surface area contributed by atoms with Crippen molar-refractivity contribution in [3.63, 3.8) is 0 Å². The van der Waals surface area contributed by atoms with Gasteiger partial charge in [-0.25, -0.2) is 13.1 Å². The monoisotopic (exact) mass is 385 g/mol. The van der Waals surface area contributed by atoms with Gasteiger partial charge in [0, 0.05) is 6.42 Å². The van der Waals surface area contributed by atoms with E-state index in [0.29, 0.717) is 6.41 Å². The van der Waals surface area contributed by atoms with Crippen LogP contribution < -0.4 is 14.8 Å². The number of hydrogen-bond acceptors (Lipinski definition) is 6. The van der Waals surface area contributed by atoms with Crippen LogP contribution in [0.1, 0.15) is 19.7 Å². The number of amides is 1. The van der Waals surface area contributed by atoms with E-state index in [4.69, 9.17) is 16.3 Å². The van der Waals surface area contributed by atoms with Crippen LogP contribution in [-0.2, 0) is 24.3 Å². The van der Waals surface area contributed by atoms with Crippen molar-refractivity contribution >= 4 is 22.2 Å². The molecule has 4 atom stereocenters. The third-order valence-electron chi connectivity index (χ3n) is 4.16. The topological polar surface area (TPSA) is 111 Å². The summed E-state index contributed by atoms with van der Waals surface area (Å²) < 4.78 is 76.6. The Hall–Kier alpha value is -2.39. The van der Waals surface area contributed by atoms with Crippen LogP contribution in [0.5, 0.6) is 5.75 Å². The smallest absolute Gasteiger partial charge is 0.211 e. The fraction of sp³-hybridized carbons (Fsp3) is 0.412. The molecule has 0 aromatic heterocycles. The van der Waals surface area contributed by atoms with Crippen LogP contribution in [0, 0.1) is 5.92 Å². The highest BCUT2D eigenvalue weighted by Gasteiger charge is 2.46. The summed E-state index contributed by atoms with van der Waals surface area (Å²) in [5.41, 5.74) is -0.0627. The molecule has 0 bridgehead atoms. The van der Waals surface area contributed by atoms with Gasteiger partial charge in [0.25, 0.3) is 0 Å². The van der Waals surface area contributed by atoms with Gasteiger partial charge >= 0.3 is 0 Å². The van der Waals surface area contributed by atoms with Gasteiger partial charge in [0.15, 0.2) is 5.78 Å². The lowest BCUT2D eigenvalue weighted by Crippen LogP contribution is -2.56. The molecule has 1 fully saturated rings. The van der Waals surface area contributed by atoms with E-state index < -0.39 is 75.9 Å². The first-order valence-corrected chi connectivity index (χ1v) is 9.64. The van der Waals surface area contributed by atoms with Gasteiger partial charge in [0.2, 0.25) is 16.4 Å². The molecule has 3 rings (SSSR count). The van der Waals surface area contributed by atoms with E-state index in [2.05, 4.69) is 10.0 Å². The molecule has 0 spiro atoms. The highest BCUT2D eigenvalue weighted by Crippen LogP contribution is 2.35. The van der Waals surface area contributed by atoms with Crippen molar-refractivity contribution in [1.82, 2.24) is 10.0 Å². The Morgan fingerprint density at radius 2 is 2.04 bits per heavy atom. The number of ether oxygens (including phenoxy) is 2. The highest BCUT2D eigenvalue weighted by molar-refractivity contribution is 7.88. The third kappa shape index (κ3) is 4.23. The van der Waals surface area contributed by atoms with Crippen LogP contribution in [-0.4, -0.2) is 45.1 Å². The van der Waals surface area contributed by atoms with Crippen LogP contribution in [0.25, 0.3) is 0 Å². The van der Waals surface area contributed by atoms with E-state index >= 15 is 0 Å². The van der Waals surface area contributed by atoms with Crippen molar-refractivity contribution in [3.05, 3.63) is 42.2 Å². The second-order valence-electron chi connectivity index (χ2n) is 6.02. The standard InChI is InChI=1S/C17H20N2O6S/c1-26(22,23)19-13-8-15-12(17(21)14(9-24-15)18-10-20)7-16(13)25-11-5-3-2-4-6-11/h2-6,9-10,12-13,15-16,19H,7-8H2,1H3,(H,18,20)/i2D,3D,4D,5D,6D. The molecule has 1 heterocycles. The summed E-state index contributed by atoms with van der Waals surface area (Å²) in [6.45, 7) is 0. The molecular weight excluding hydrogens is 360 g/mol. The summed E-state index contributed by atoms with van der Waals surface area (Å²) in [6, 6.07) is -3.86. The van der Waals surface area contributed by atoms with Crippen molar-refractivity contribution in [2.45, 2.75) is 31.1 Å². The van der Waals surface area contributed by atoms with Gasteiger partial charge in [0.1, 0.15) is 29.9 Å². The first kappa shape index (κ1) is 12.9. The number of Topliss-reactive ketones (excluding diaryl/α,β-unsaturated/α-hetero) is 1. The fourth-order valence-corrected chi connectivity index (χ4v) is 3.92. The number of sulfonamides is 1. The molecule has 8 nitrogen and oxygen atoms in total. The van der Waals surface area contributed by atoms with E-state index in [-0.39, 0.29) is 18.5 Å². The summed E-state index contributed by atoms with van der Waals surface area (Å²) in [5, 5.41) is 2.24. The van der Waals surface area contributed by atoms with E-state index in [1.54, 1.807) is 0 Å². The van der Waals surface area contributed by atoms with Crippen LogP contribution in [0.3, 0.4) is 0 Å². The molecule has 1 aliphatic heterocycles. The predicted octanol–water partition coefficient (Wildman–Crippen LogP) is 0.317. The number of hydrogen-bond donors (Lipinski definition) is 2. The zero-order valence-corrected chi connectivity index (χ0v) is 14.6. The first-order valence-electron chi connectivity index (χ1n) is 10.3. The normalized spacial score (nSPS) is 31.0. The molecule has 1 aliphatic carbocycles. The number of carbonyl (C=O) groups excluding carboxylic acids is 2. The van der Waals surface area contributed by atoms with Crippen molar-refractivity contribution in [2.24, 2.45) is 5.92 Å². The molecule has 1 amide bonds. The fourth-order valence-electron chi connectivity index (χ4n) is 3.12. The van der Waals surface area contributed by atoms with E-state index in [0.717, 1.165) is 12.5 Å². The van der Waals surface area contributed by atoms with Crippen molar-refractivity contribution in [2.75, 3.05) is 6.26 Å². The molecular formula is C17H20N2O6S. The molecule has 2 N–H and O–H groups in total. The molecule has 1 saturated carbocycles. The number of nitrogens with one attached hydrogen (secondary N) is 2. The molecule has 1 aromatic carbocycles. The first-order chi connectivity index (χ1) is 14.4. The molecule has 9 heteroatoms. The van der Waals surface area contributed by atoms with Crippen LogP contribution in [0.2, 0.25) is 0 Å². The molecule has 2 aliphatic rings. The van der Waals surface area contributed by atoms with Gasteiger partial charge in [-0.05, 0) is 18.5 Å². The minimum atomic E-state index is -3.71. The molecule has 1 aromatic rings. The molecule has 0 saturated heterocycles. The van der Waals surface area contributed by atoms with Crippen LogP contribution in [0.4, 0.5) is 0 Å². The Kier molecular flexibility index (Phi) is 3.70. The minimum Gasteiger partial charge on any atom is -0.495 e. The van der Waals surface area contributed by atoms with Crippen LogP contribution >= 0.6 is 0 Å². The van der Waals surface area contributed by atoms with Gasteiger partial charge in [-0.3, -0.25) is 9.59 Å². The second kappa shape index (κ2) is 7.46. The summed E-state index contributed by atoms with van der Waals surface area (Å²) in [5.74, 6) is -1.67. The van der Waals surface area contributed by atoms with Crippen LogP contribution in [0.15, 0.2) is 42.2 Å². The van der Waals surface area contributed by atoms with Crippen molar-refractivity contribution in [1.29, 1.82) is 0 Å². The third-order valence-corrected chi connectivity index (χ3v) is 4.89. The maximum Gasteiger partial charge on any atom is 0.211 e. The zero-order chi connectivity index (χ0) is 23.1. The Labute approximate surface area is 158 Å². The van der Waals surface area contributed by atoms with E-state index in [1.165, 1.54) is 0 Å². The number of rotatable bonds is 6. The molecule has 26 heavy (non-hydrogen) atoms. The summed E-state index contributed by atoms with van der Waals surface area (Å²) in [6.07, 6.45) is 0.594. The lowest BCUT2D eigenvalue weighted by atomic mass is 9.78.